The van der Waals surface area contributed by atoms with Crippen molar-refractivity contribution in [2.24, 2.45) is 5.92 Å². The van der Waals surface area contributed by atoms with Crippen molar-refractivity contribution < 1.29 is 14.6 Å². The van der Waals surface area contributed by atoms with E-state index in [0.717, 1.165) is 19.6 Å². The first-order valence-electron chi connectivity index (χ1n) is 6.37. The van der Waals surface area contributed by atoms with E-state index in [-0.39, 0.29) is 5.69 Å². The fourth-order valence-electron chi connectivity index (χ4n) is 1.78. The molecule has 0 saturated heterocycles. The number of rotatable bonds is 9. The third-order valence-electron chi connectivity index (χ3n) is 2.64. The zero-order chi connectivity index (χ0) is 14.3. The predicted molar refractivity (Wildman–Crippen MR) is 70.1 cm³/mol. The van der Waals surface area contributed by atoms with Crippen LogP contribution in [0.2, 0.25) is 0 Å². The van der Waals surface area contributed by atoms with Gasteiger partial charge in [0, 0.05) is 26.7 Å². The molecular weight excluding hydrogens is 248 g/mol. The van der Waals surface area contributed by atoms with Gasteiger partial charge in [-0.05, 0) is 5.92 Å². The number of ether oxygens (including phenoxy) is 1. The lowest BCUT2D eigenvalue weighted by Gasteiger charge is -2.23. The number of aromatic carboxylic acids is 1. The summed E-state index contributed by atoms with van der Waals surface area (Å²) < 4.78 is 6.65. The van der Waals surface area contributed by atoms with Gasteiger partial charge in [-0.25, -0.2) is 4.79 Å². The molecule has 0 aliphatic heterocycles. The second-order valence-corrected chi connectivity index (χ2v) is 4.86. The largest absolute Gasteiger partial charge is 0.476 e. The van der Waals surface area contributed by atoms with E-state index in [4.69, 9.17) is 9.84 Å². The Kier molecular flexibility index (Phi) is 6.44. The van der Waals surface area contributed by atoms with Crippen molar-refractivity contribution in [1.82, 2.24) is 19.9 Å². The van der Waals surface area contributed by atoms with Crippen molar-refractivity contribution in [2.45, 2.75) is 20.4 Å². The number of hydrogen-bond donors (Lipinski definition) is 1. The number of hydrogen-bond acceptors (Lipinski definition) is 5. The number of carboxylic acid groups (broad SMARTS) is 1. The van der Waals surface area contributed by atoms with Gasteiger partial charge in [0.15, 0.2) is 5.69 Å². The zero-order valence-electron chi connectivity index (χ0n) is 11.7. The van der Waals surface area contributed by atoms with Crippen LogP contribution in [-0.4, -0.2) is 64.3 Å². The quantitative estimate of drug-likeness (QED) is 0.707. The maximum Gasteiger partial charge on any atom is 0.358 e. The van der Waals surface area contributed by atoms with Crippen LogP contribution in [0, 0.1) is 5.92 Å². The average Bonchev–Trinajstić information content (AvgIpc) is 2.81. The van der Waals surface area contributed by atoms with Crippen LogP contribution in [0.5, 0.6) is 0 Å². The van der Waals surface area contributed by atoms with Gasteiger partial charge in [0.1, 0.15) is 0 Å². The SMILES string of the molecule is COCCN(CCn1cc(C(=O)O)nn1)CC(C)C. The van der Waals surface area contributed by atoms with Crippen LogP contribution in [0.4, 0.5) is 0 Å². The number of aromatic nitrogens is 3. The third kappa shape index (κ3) is 5.80. The number of carboxylic acids is 1. The van der Waals surface area contributed by atoms with Crippen molar-refractivity contribution in [3.63, 3.8) is 0 Å². The van der Waals surface area contributed by atoms with Crippen molar-refractivity contribution >= 4 is 5.97 Å². The molecule has 0 unspecified atom stereocenters. The number of methoxy groups -OCH3 is 1. The van der Waals surface area contributed by atoms with Crippen LogP contribution in [0.3, 0.4) is 0 Å². The molecule has 0 radical (unpaired) electrons. The van der Waals surface area contributed by atoms with Gasteiger partial charge in [-0.15, -0.1) is 5.10 Å². The molecule has 1 aromatic heterocycles. The summed E-state index contributed by atoms with van der Waals surface area (Å²) in [6.07, 6.45) is 1.45. The Labute approximate surface area is 113 Å². The van der Waals surface area contributed by atoms with Crippen LogP contribution >= 0.6 is 0 Å². The van der Waals surface area contributed by atoms with E-state index in [0.29, 0.717) is 19.1 Å². The summed E-state index contributed by atoms with van der Waals surface area (Å²) in [7, 11) is 1.68. The third-order valence-corrected chi connectivity index (χ3v) is 2.64. The summed E-state index contributed by atoms with van der Waals surface area (Å²) in [6, 6.07) is 0. The lowest BCUT2D eigenvalue weighted by atomic mass is 10.2. The lowest BCUT2D eigenvalue weighted by Crippen LogP contribution is -2.34. The van der Waals surface area contributed by atoms with Gasteiger partial charge in [0.2, 0.25) is 0 Å². The molecule has 0 aliphatic rings. The molecule has 0 amide bonds. The standard InChI is InChI=1S/C12H22N4O3/c1-10(2)8-15(6-7-19-3)4-5-16-9-11(12(17)18)13-14-16/h9-10H,4-8H2,1-3H3,(H,17,18). The van der Waals surface area contributed by atoms with Crippen molar-refractivity contribution in [2.75, 3.05) is 33.4 Å². The molecule has 0 aromatic carbocycles. The summed E-state index contributed by atoms with van der Waals surface area (Å²) in [5, 5.41) is 16.2. The van der Waals surface area contributed by atoms with Crippen molar-refractivity contribution in [3.8, 4) is 0 Å². The first kappa shape index (κ1) is 15.6. The highest BCUT2D eigenvalue weighted by molar-refractivity contribution is 5.84. The van der Waals surface area contributed by atoms with Gasteiger partial charge in [-0.1, -0.05) is 19.1 Å². The molecule has 1 N–H and O–H groups in total. The summed E-state index contributed by atoms with van der Waals surface area (Å²) in [6.45, 7) is 8.26. The van der Waals surface area contributed by atoms with E-state index in [1.807, 2.05) is 0 Å². The fraction of sp³-hybridized carbons (Fsp3) is 0.750. The summed E-state index contributed by atoms with van der Waals surface area (Å²) >= 11 is 0. The maximum absolute atomic E-state index is 10.7. The molecule has 0 fully saturated rings. The van der Waals surface area contributed by atoms with Crippen LogP contribution in [0.15, 0.2) is 6.20 Å². The smallest absolute Gasteiger partial charge is 0.358 e. The van der Waals surface area contributed by atoms with Gasteiger partial charge in [0.05, 0.1) is 19.3 Å². The molecule has 0 saturated carbocycles. The molecule has 1 rings (SSSR count). The normalized spacial score (nSPS) is 11.4. The summed E-state index contributed by atoms with van der Waals surface area (Å²) in [5.41, 5.74) is -0.0210. The Bertz CT molecular complexity index is 392. The fourth-order valence-corrected chi connectivity index (χ4v) is 1.78. The van der Waals surface area contributed by atoms with Crippen LogP contribution in [0.1, 0.15) is 24.3 Å². The monoisotopic (exact) mass is 270 g/mol. The van der Waals surface area contributed by atoms with E-state index in [2.05, 4.69) is 29.1 Å². The highest BCUT2D eigenvalue weighted by Gasteiger charge is 2.10. The van der Waals surface area contributed by atoms with Crippen LogP contribution in [-0.2, 0) is 11.3 Å². The topological polar surface area (TPSA) is 80.5 Å². The molecule has 7 heteroatoms. The highest BCUT2D eigenvalue weighted by atomic mass is 16.5. The van der Waals surface area contributed by atoms with Gasteiger partial charge >= 0.3 is 5.97 Å². The lowest BCUT2D eigenvalue weighted by molar-refractivity contribution is 0.0690. The molecular formula is C12H22N4O3. The van der Waals surface area contributed by atoms with E-state index in [1.165, 1.54) is 6.20 Å². The van der Waals surface area contributed by atoms with E-state index < -0.39 is 5.97 Å². The zero-order valence-corrected chi connectivity index (χ0v) is 11.7. The molecule has 19 heavy (non-hydrogen) atoms. The second kappa shape index (κ2) is 7.85. The first-order chi connectivity index (χ1) is 9.02. The molecule has 0 aliphatic carbocycles. The predicted octanol–water partition coefficient (Wildman–Crippen LogP) is 0.581. The van der Waals surface area contributed by atoms with Gasteiger partial charge in [0.25, 0.3) is 0 Å². The van der Waals surface area contributed by atoms with Crippen molar-refractivity contribution in [3.05, 3.63) is 11.9 Å². The maximum atomic E-state index is 10.7. The second-order valence-electron chi connectivity index (χ2n) is 4.86. The molecule has 0 spiro atoms. The van der Waals surface area contributed by atoms with Crippen LogP contribution in [0.25, 0.3) is 0 Å². The Morgan fingerprint density at radius 2 is 2.26 bits per heavy atom. The number of nitrogens with zero attached hydrogens (tertiary/aromatic N) is 4. The minimum atomic E-state index is -1.05. The Morgan fingerprint density at radius 1 is 1.53 bits per heavy atom. The molecule has 0 bridgehead atoms. The Hall–Kier alpha value is -1.47. The molecule has 1 heterocycles. The summed E-state index contributed by atoms with van der Waals surface area (Å²) in [5.74, 6) is -0.480. The van der Waals surface area contributed by atoms with Gasteiger partial charge in [-0.3, -0.25) is 9.58 Å². The van der Waals surface area contributed by atoms with Gasteiger partial charge < -0.3 is 9.84 Å². The minimum absolute atomic E-state index is 0.0210. The molecule has 1 aromatic rings. The van der Waals surface area contributed by atoms with E-state index >= 15 is 0 Å². The number of carbonyl (C=O) groups is 1. The minimum Gasteiger partial charge on any atom is -0.476 e. The average molecular weight is 270 g/mol. The van der Waals surface area contributed by atoms with E-state index in [1.54, 1.807) is 11.8 Å². The Morgan fingerprint density at radius 3 is 2.79 bits per heavy atom. The van der Waals surface area contributed by atoms with Crippen molar-refractivity contribution in [1.29, 1.82) is 0 Å². The molecule has 108 valence electrons. The molecule has 7 nitrogen and oxygen atoms in total. The summed E-state index contributed by atoms with van der Waals surface area (Å²) in [4.78, 5) is 13.0. The molecule has 0 atom stereocenters. The first-order valence-corrected chi connectivity index (χ1v) is 6.37. The van der Waals surface area contributed by atoms with E-state index in [9.17, 15) is 4.79 Å². The Balaban J connectivity index is 2.46. The van der Waals surface area contributed by atoms with Crippen LogP contribution < -0.4 is 0 Å². The highest BCUT2D eigenvalue weighted by Crippen LogP contribution is 2.00. The van der Waals surface area contributed by atoms with Gasteiger partial charge in [-0.2, -0.15) is 0 Å².